The number of aromatic nitrogens is 1. The molecule has 0 amide bonds. The van der Waals surface area contributed by atoms with Crippen molar-refractivity contribution >= 4 is 35.0 Å². The Hall–Kier alpha value is -0.700. The molecule has 2 aromatic rings. The van der Waals surface area contributed by atoms with Crippen molar-refractivity contribution in [3.63, 3.8) is 0 Å². The van der Waals surface area contributed by atoms with Crippen LogP contribution in [0.3, 0.4) is 0 Å². The van der Waals surface area contributed by atoms with Gasteiger partial charge in [0.2, 0.25) is 0 Å². The van der Waals surface area contributed by atoms with Crippen LogP contribution in [-0.4, -0.2) is 4.98 Å². The van der Waals surface area contributed by atoms with E-state index in [2.05, 4.69) is 24.0 Å². The lowest BCUT2D eigenvalue weighted by Crippen LogP contribution is -1.89. The Morgan fingerprint density at radius 1 is 1.12 bits per heavy atom. The molecule has 4 heteroatoms. The van der Waals surface area contributed by atoms with Crippen molar-refractivity contribution in [2.24, 2.45) is 0 Å². The van der Waals surface area contributed by atoms with Crippen LogP contribution in [0.2, 0.25) is 10.2 Å². The normalized spacial score (nSPS) is 10.5. The molecular weight excluding hydrogens is 273 g/mol. The largest absolute Gasteiger partial charge is 0.239 e. The average molecular weight is 284 g/mol. The van der Waals surface area contributed by atoms with Gasteiger partial charge < -0.3 is 0 Å². The van der Waals surface area contributed by atoms with Crippen LogP contribution in [0.5, 0.6) is 0 Å². The predicted octanol–water partition coefficient (Wildman–Crippen LogP) is 4.99. The Morgan fingerprint density at radius 2 is 1.88 bits per heavy atom. The number of pyridine rings is 1. The summed E-state index contributed by atoms with van der Waals surface area (Å²) in [4.78, 5) is 5.47. The van der Waals surface area contributed by atoms with Gasteiger partial charge in [-0.25, -0.2) is 4.98 Å². The molecule has 0 aliphatic rings. The van der Waals surface area contributed by atoms with Crippen molar-refractivity contribution in [3.8, 4) is 0 Å². The quantitative estimate of drug-likeness (QED) is 0.581. The van der Waals surface area contributed by atoms with E-state index < -0.39 is 0 Å². The lowest BCUT2D eigenvalue weighted by molar-refractivity contribution is 1.17. The summed E-state index contributed by atoms with van der Waals surface area (Å²) in [5.74, 6) is 0.726. The standard InChI is InChI=1S/C13H11Cl2NS/c1-9-4-2-3-5-12(9)17-8-11-10(14)6-7-13(15)16-11/h2-7H,8H2,1H3. The molecule has 0 aliphatic carbocycles. The summed E-state index contributed by atoms with van der Waals surface area (Å²) in [6, 6.07) is 11.7. The highest BCUT2D eigenvalue weighted by Gasteiger charge is 2.05. The minimum atomic E-state index is 0.481. The summed E-state index contributed by atoms with van der Waals surface area (Å²) >= 11 is 13.6. The molecule has 0 aliphatic heterocycles. The Morgan fingerprint density at radius 3 is 2.65 bits per heavy atom. The van der Waals surface area contributed by atoms with Crippen molar-refractivity contribution in [2.75, 3.05) is 0 Å². The van der Waals surface area contributed by atoms with E-state index in [4.69, 9.17) is 23.2 Å². The monoisotopic (exact) mass is 283 g/mol. The summed E-state index contributed by atoms with van der Waals surface area (Å²) in [6.45, 7) is 2.09. The van der Waals surface area contributed by atoms with E-state index in [-0.39, 0.29) is 0 Å². The Bertz CT molecular complexity index is 529. The van der Waals surface area contributed by atoms with E-state index in [9.17, 15) is 0 Å². The molecule has 1 heterocycles. The van der Waals surface area contributed by atoms with E-state index in [0.29, 0.717) is 10.2 Å². The van der Waals surface area contributed by atoms with E-state index in [1.54, 1.807) is 23.9 Å². The Labute approximate surface area is 115 Å². The van der Waals surface area contributed by atoms with E-state index in [0.717, 1.165) is 11.4 Å². The number of hydrogen-bond acceptors (Lipinski definition) is 2. The zero-order chi connectivity index (χ0) is 12.3. The summed E-state index contributed by atoms with van der Waals surface area (Å²) < 4.78 is 0. The van der Waals surface area contributed by atoms with Gasteiger partial charge in [0.15, 0.2) is 0 Å². The first-order valence-electron chi connectivity index (χ1n) is 5.16. The maximum atomic E-state index is 6.07. The van der Waals surface area contributed by atoms with Crippen LogP contribution < -0.4 is 0 Å². The van der Waals surface area contributed by atoms with Gasteiger partial charge in [-0.2, -0.15) is 0 Å². The number of hydrogen-bond donors (Lipinski definition) is 0. The molecule has 1 nitrogen and oxygen atoms in total. The first-order valence-corrected chi connectivity index (χ1v) is 6.90. The molecular formula is C13H11Cl2NS. The Balaban J connectivity index is 2.12. The molecule has 0 radical (unpaired) electrons. The van der Waals surface area contributed by atoms with Gasteiger partial charge in [0.1, 0.15) is 5.15 Å². The lowest BCUT2D eigenvalue weighted by atomic mass is 10.2. The number of benzene rings is 1. The highest BCUT2D eigenvalue weighted by molar-refractivity contribution is 7.98. The fourth-order valence-corrected chi connectivity index (χ4v) is 2.82. The SMILES string of the molecule is Cc1ccccc1SCc1nc(Cl)ccc1Cl. The number of nitrogens with zero attached hydrogens (tertiary/aromatic N) is 1. The lowest BCUT2D eigenvalue weighted by Gasteiger charge is -2.06. The van der Waals surface area contributed by atoms with Crippen LogP contribution >= 0.6 is 35.0 Å². The van der Waals surface area contributed by atoms with Crippen LogP contribution in [0, 0.1) is 6.92 Å². The molecule has 0 spiro atoms. The summed E-state index contributed by atoms with van der Waals surface area (Å²) in [5.41, 5.74) is 2.09. The van der Waals surface area contributed by atoms with Crippen LogP contribution in [0.25, 0.3) is 0 Å². The molecule has 0 N–H and O–H groups in total. The molecule has 0 saturated heterocycles. The zero-order valence-corrected chi connectivity index (χ0v) is 11.6. The number of halogens is 2. The maximum absolute atomic E-state index is 6.07. The van der Waals surface area contributed by atoms with E-state index >= 15 is 0 Å². The summed E-state index contributed by atoms with van der Waals surface area (Å²) in [5, 5.41) is 1.14. The average Bonchev–Trinajstić information content (AvgIpc) is 2.32. The van der Waals surface area contributed by atoms with Gasteiger partial charge in [-0.3, -0.25) is 0 Å². The summed E-state index contributed by atoms with van der Waals surface area (Å²) in [6.07, 6.45) is 0. The molecule has 0 bridgehead atoms. The van der Waals surface area contributed by atoms with Crippen molar-refractivity contribution in [1.82, 2.24) is 4.98 Å². The fourth-order valence-electron chi connectivity index (χ4n) is 1.42. The molecule has 0 fully saturated rings. The van der Waals surface area contributed by atoms with Gasteiger partial charge in [-0.15, -0.1) is 11.8 Å². The van der Waals surface area contributed by atoms with Crippen LogP contribution in [-0.2, 0) is 5.75 Å². The molecule has 1 aromatic carbocycles. The fraction of sp³-hybridized carbons (Fsp3) is 0.154. The first-order chi connectivity index (χ1) is 8.16. The van der Waals surface area contributed by atoms with Crippen LogP contribution in [0.1, 0.15) is 11.3 Å². The van der Waals surface area contributed by atoms with Crippen molar-refractivity contribution in [3.05, 3.63) is 57.8 Å². The summed E-state index contributed by atoms with van der Waals surface area (Å²) in [7, 11) is 0. The highest BCUT2D eigenvalue weighted by Crippen LogP contribution is 2.28. The third-order valence-electron chi connectivity index (χ3n) is 2.34. The molecule has 17 heavy (non-hydrogen) atoms. The number of rotatable bonds is 3. The molecule has 1 aromatic heterocycles. The number of thioether (sulfide) groups is 1. The topological polar surface area (TPSA) is 12.9 Å². The minimum absolute atomic E-state index is 0.481. The zero-order valence-electron chi connectivity index (χ0n) is 9.28. The van der Waals surface area contributed by atoms with Crippen molar-refractivity contribution in [2.45, 2.75) is 17.6 Å². The van der Waals surface area contributed by atoms with Crippen LogP contribution in [0.15, 0.2) is 41.3 Å². The van der Waals surface area contributed by atoms with Crippen LogP contribution in [0.4, 0.5) is 0 Å². The molecule has 88 valence electrons. The van der Waals surface area contributed by atoms with Crippen molar-refractivity contribution in [1.29, 1.82) is 0 Å². The number of aryl methyl sites for hydroxylation is 1. The van der Waals surface area contributed by atoms with E-state index in [1.807, 2.05) is 12.1 Å². The first kappa shape index (κ1) is 12.7. The smallest absolute Gasteiger partial charge is 0.129 e. The van der Waals surface area contributed by atoms with Gasteiger partial charge in [-0.05, 0) is 30.7 Å². The van der Waals surface area contributed by atoms with Gasteiger partial charge in [0.25, 0.3) is 0 Å². The molecule has 2 rings (SSSR count). The second-order valence-electron chi connectivity index (χ2n) is 3.62. The third kappa shape index (κ3) is 3.38. The molecule has 0 unspecified atom stereocenters. The van der Waals surface area contributed by atoms with Gasteiger partial charge in [0.05, 0.1) is 10.7 Å². The second kappa shape index (κ2) is 5.76. The predicted molar refractivity (Wildman–Crippen MR) is 75.0 cm³/mol. The Kier molecular flexibility index (Phi) is 4.32. The van der Waals surface area contributed by atoms with Crippen molar-refractivity contribution < 1.29 is 0 Å². The third-order valence-corrected chi connectivity index (χ3v) is 4.08. The van der Waals surface area contributed by atoms with E-state index in [1.165, 1.54) is 10.5 Å². The van der Waals surface area contributed by atoms with Gasteiger partial charge in [-0.1, -0.05) is 41.4 Å². The minimum Gasteiger partial charge on any atom is -0.239 e. The van der Waals surface area contributed by atoms with Gasteiger partial charge in [0, 0.05) is 10.6 Å². The second-order valence-corrected chi connectivity index (χ2v) is 5.43. The molecule has 0 atom stereocenters. The molecule has 0 saturated carbocycles. The maximum Gasteiger partial charge on any atom is 0.129 e. The van der Waals surface area contributed by atoms with Gasteiger partial charge >= 0.3 is 0 Å². The highest BCUT2D eigenvalue weighted by atomic mass is 35.5.